The number of hydrogen-bond acceptors (Lipinski definition) is 2. The van der Waals surface area contributed by atoms with Crippen LogP contribution in [0.15, 0.2) is 12.1 Å². The van der Waals surface area contributed by atoms with Gasteiger partial charge in [0.05, 0.1) is 0 Å². The Morgan fingerprint density at radius 3 is 2.06 bits per heavy atom. The molecule has 1 aromatic carbocycles. The summed E-state index contributed by atoms with van der Waals surface area (Å²) in [4.78, 5) is 0. The second-order valence-electron chi connectivity index (χ2n) is 5.24. The lowest BCUT2D eigenvalue weighted by Crippen LogP contribution is -2.24. The number of nitrogens with two attached hydrogens (primary N) is 2. The van der Waals surface area contributed by atoms with Crippen LogP contribution in [0.3, 0.4) is 0 Å². The standard InChI is InChI=1S/C14H24N2/c1-9(2)5-13(15)8-12-6-10(3)14(16)11(4)7-12/h6-7,9,13H,5,8,15-16H2,1-4H3. The number of benzene rings is 1. The molecule has 0 heterocycles. The summed E-state index contributed by atoms with van der Waals surface area (Å²) in [7, 11) is 0. The Labute approximate surface area is 99.0 Å². The fourth-order valence-electron chi connectivity index (χ4n) is 2.17. The summed E-state index contributed by atoms with van der Waals surface area (Å²) in [5.74, 6) is 0.658. The first kappa shape index (κ1) is 13.0. The maximum atomic E-state index is 6.11. The van der Waals surface area contributed by atoms with Crippen LogP contribution in [0.4, 0.5) is 5.69 Å². The molecule has 0 aromatic heterocycles. The van der Waals surface area contributed by atoms with E-state index in [0.717, 1.165) is 29.7 Å². The van der Waals surface area contributed by atoms with E-state index in [1.165, 1.54) is 5.56 Å². The Balaban J connectivity index is 2.74. The number of nitrogen functional groups attached to an aromatic ring is 1. The summed E-state index contributed by atoms with van der Waals surface area (Å²) in [6.45, 7) is 8.53. The van der Waals surface area contributed by atoms with Gasteiger partial charge in [-0.05, 0) is 49.3 Å². The smallest absolute Gasteiger partial charge is 0.0373 e. The largest absolute Gasteiger partial charge is 0.398 e. The molecular weight excluding hydrogens is 196 g/mol. The molecule has 0 saturated carbocycles. The average molecular weight is 220 g/mol. The van der Waals surface area contributed by atoms with E-state index in [2.05, 4.69) is 39.8 Å². The van der Waals surface area contributed by atoms with Crippen molar-refractivity contribution in [3.8, 4) is 0 Å². The van der Waals surface area contributed by atoms with Gasteiger partial charge in [-0.2, -0.15) is 0 Å². The number of rotatable bonds is 4. The molecule has 0 saturated heterocycles. The molecule has 0 amide bonds. The first-order valence-corrected chi connectivity index (χ1v) is 6.01. The molecule has 0 fully saturated rings. The molecule has 1 unspecified atom stereocenters. The summed E-state index contributed by atoms with van der Waals surface area (Å²) in [5.41, 5.74) is 16.6. The van der Waals surface area contributed by atoms with Crippen molar-refractivity contribution in [1.82, 2.24) is 0 Å². The van der Waals surface area contributed by atoms with Gasteiger partial charge in [-0.3, -0.25) is 0 Å². The van der Waals surface area contributed by atoms with Crippen molar-refractivity contribution in [3.63, 3.8) is 0 Å². The number of anilines is 1. The van der Waals surface area contributed by atoms with Gasteiger partial charge in [0, 0.05) is 11.7 Å². The van der Waals surface area contributed by atoms with Gasteiger partial charge in [0.25, 0.3) is 0 Å². The highest BCUT2D eigenvalue weighted by atomic mass is 14.6. The Morgan fingerprint density at radius 2 is 1.62 bits per heavy atom. The predicted molar refractivity (Wildman–Crippen MR) is 71.5 cm³/mol. The molecule has 2 nitrogen and oxygen atoms in total. The molecule has 0 aliphatic rings. The lowest BCUT2D eigenvalue weighted by atomic mass is 9.95. The predicted octanol–water partition coefficient (Wildman–Crippen LogP) is 2.80. The van der Waals surface area contributed by atoms with Crippen LogP contribution in [0.1, 0.15) is 37.0 Å². The molecule has 0 bridgehead atoms. The van der Waals surface area contributed by atoms with Crippen molar-refractivity contribution in [1.29, 1.82) is 0 Å². The van der Waals surface area contributed by atoms with Gasteiger partial charge in [-0.15, -0.1) is 0 Å². The third kappa shape index (κ3) is 3.53. The van der Waals surface area contributed by atoms with Gasteiger partial charge in [0.15, 0.2) is 0 Å². The molecule has 1 atom stereocenters. The van der Waals surface area contributed by atoms with Crippen LogP contribution in [0.5, 0.6) is 0 Å². The first-order chi connectivity index (χ1) is 7.40. The van der Waals surface area contributed by atoms with Crippen LogP contribution in [0.2, 0.25) is 0 Å². The third-order valence-electron chi connectivity index (χ3n) is 2.93. The zero-order valence-electron chi connectivity index (χ0n) is 10.9. The van der Waals surface area contributed by atoms with E-state index in [0.29, 0.717) is 5.92 Å². The van der Waals surface area contributed by atoms with Gasteiger partial charge in [-0.25, -0.2) is 0 Å². The van der Waals surface area contributed by atoms with Crippen LogP contribution in [0, 0.1) is 19.8 Å². The number of hydrogen-bond donors (Lipinski definition) is 2. The van der Waals surface area contributed by atoms with Gasteiger partial charge in [0.1, 0.15) is 0 Å². The van der Waals surface area contributed by atoms with Crippen LogP contribution >= 0.6 is 0 Å². The van der Waals surface area contributed by atoms with E-state index in [9.17, 15) is 0 Å². The lowest BCUT2D eigenvalue weighted by Gasteiger charge is -2.15. The van der Waals surface area contributed by atoms with Crippen LogP contribution < -0.4 is 11.5 Å². The van der Waals surface area contributed by atoms with Crippen molar-refractivity contribution in [2.45, 2.75) is 46.6 Å². The quantitative estimate of drug-likeness (QED) is 0.767. The highest BCUT2D eigenvalue weighted by Gasteiger charge is 2.08. The first-order valence-electron chi connectivity index (χ1n) is 6.01. The SMILES string of the molecule is Cc1cc(CC(N)CC(C)C)cc(C)c1N. The fraction of sp³-hybridized carbons (Fsp3) is 0.571. The minimum absolute atomic E-state index is 0.252. The highest BCUT2D eigenvalue weighted by Crippen LogP contribution is 2.20. The zero-order chi connectivity index (χ0) is 12.3. The van der Waals surface area contributed by atoms with Crippen molar-refractivity contribution in [2.24, 2.45) is 11.7 Å². The monoisotopic (exact) mass is 220 g/mol. The van der Waals surface area contributed by atoms with Crippen LogP contribution in [-0.2, 0) is 6.42 Å². The highest BCUT2D eigenvalue weighted by molar-refractivity contribution is 5.54. The molecule has 90 valence electrons. The van der Waals surface area contributed by atoms with Crippen LogP contribution in [0.25, 0.3) is 0 Å². The lowest BCUT2D eigenvalue weighted by molar-refractivity contribution is 0.493. The van der Waals surface area contributed by atoms with Crippen molar-refractivity contribution in [3.05, 3.63) is 28.8 Å². The maximum absolute atomic E-state index is 6.11. The van der Waals surface area contributed by atoms with E-state index >= 15 is 0 Å². The molecule has 0 aliphatic carbocycles. The van der Waals surface area contributed by atoms with Crippen molar-refractivity contribution < 1.29 is 0 Å². The minimum Gasteiger partial charge on any atom is -0.398 e. The maximum Gasteiger partial charge on any atom is 0.0373 e. The zero-order valence-corrected chi connectivity index (χ0v) is 10.9. The van der Waals surface area contributed by atoms with Gasteiger partial charge >= 0.3 is 0 Å². The second-order valence-corrected chi connectivity index (χ2v) is 5.24. The Morgan fingerprint density at radius 1 is 1.12 bits per heavy atom. The van der Waals surface area contributed by atoms with E-state index in [-0.39, 0.29) is 6.04 Å². The van der Waals surface area contributed by atoms with Crippen LogP contribution in [-0.4, -0.2) is 6.04 Å². The topological polar surface area (TPSA) is 52.0 Å². The molecule has 0 radical (unpaired) electrons. The molecule has 1 rings (SSSR count). The molecule has 0 spiro atoms. The molecule has 0 aliphatic heterocycles. The minimum atomic E-state index is 0.252. The van der Waals surface area contributed by atoms with E-state index in [4.69, 9.17) is 11.5 Å². The number of aryl methyl sites for hydroxylation is 2. The summed E-state index contributed by atoms with van der Waals surface area (Å²) < 4.78 is 0. The third-order valence-corrected chi connectivity index (χ3v) is 2.93. The molecular formula is C14H24N2. The van der Waals surface area contributed by atoms with E-state index in [1.807, 2.05) is 0 Å². The summed E-state index contributed by atoms with van der Waals surface area (Å²) in [6, 6.07) is 4.56. The summed E-state index contributed by atoms with van der Waals surface area (Å²) >= 11 is 0. The summed E-state index contributed by atoms with van der Waals surface area (Å²) in [6.07, 6.45) is 2.02. The molecule has 2 heteroatoms. The summed E-state index contributed by atoms with van der Waals surface area (Å²) in [5, 5.41) is 0. The fourth-order valence-corrected chi connectivity index (χ4v) is 2.17. The molecule has 16 heavy (non-hydrogen) atoms. The van der Waals surface area contributed by atoms with Gasteiger partial charge < -0.3 is 11.5 Å². The van der Waals surface area contributed by atoms with Gasteiger partial charge in [-0.1, -0.05) is 26.0 Å². The van der Waals surface area contributed by atoms with Crippen molar-refractivity contribution >= 4 is 5.69 Å². The normalized spacial score (nSPS) is 13.1. The second kappa shape index (κ2) is 5.35. The Hall–Kier alpha value is -1.02. The average Bonchev–Trinajstić information content (AvgIpc) is 2.12. The molecule has 4 N–H and O–H groups in total. The van der Waals surface area contributed by atoms with Gasteiger partial charge in [0.2, 0.25) is 0 Å². The Kier molecular flexibility index (Phi) is 4.36. The van der Waals surface area contributed by atoms with E-state index < -0.39 is 0 Å². The Bertz CT molecular complexity index is 333. The molecule has 1 aromatic rings. The van der Waals surface area contributed by atoms with E-state index in [1.54, 1.807) is 0 Å². The van der Waals surface area contributed by atoms with Crippen molar-refractivity contribution in [2.75, 3.05) is 5.73 Å².